The molecular formula is C28H39NO3. The van der Waals surface area contributed by atoms with Crippen LogP contribution in [0, 0.1) is 0 Å². The van der Waals surface area contributed by atoms with Gasteiger partial charge in [-0.05, 0) is 53.2 Å². The average Bonchev–Trinajstić information content (AvgIpc) is 2.77. The van der Waals surface area contributed by atoms with Gasteiger partial charge in [-0.1, -0.05) is 78.1 Å². The van der Waals surface area contributed by atoms with Crippen molar-refractivity contribution in [3.8, 4) is 11.5 Å². The lowest BCUT2D eigenvalue weighted by molar-refractivity contribution is -0.111. The van der Waals surface area contributed by atoms with E-state index in [1.54, 1.807) is 19.3 Å². The molecule has 1 amide bonds. The number of ether oxygens (including phenoxy) is 2. The molecule has 0 aromatic heterocycles. The van der Waals surface area contributed by atoms with Crippen molar-refractivity contribution in [2.75, 3.05) is 19.0 Å². The van der Waals surface area contributed by atoms with Crippen molar-refractivity contribution in [3.63, 3.8) is 0 Å². The summed E-state index contributed by atoms with van der Waals surface area (Å²) >= 11 is 0. The Morgan fingerprint density at radius 1 is 0.969 bits per heavy atom. The molecule has 0 atom stereocenters. The van der Waals surface area contributed by atoms with E-state index in [2.05, 4.69) is 58.1 Å². The van der Waals surface area contributed by atoms with Gasteiger partial charge in [0.25, 0.3) is 0 Å². The SMILES string of the molecule is CCCCCCOc1ccc(C=CC(=O)Nc2c(C(C)C)cccc2C(C)C)cc1OC. The van der Waals surface area contributed by atoms with Crippen molar-refractivity contribution in [1.29, 1.82) is 0 Å². The van der Waals surface area contributed by atoms with Crippen LogP contribution in [0.25, 0.3) is 6.08 Å². The Kier molecular flexibility index (Phi) is 10.3. The maximum atomic E-state index is 12.7. The zero-order valence-corrected chi connectivity index (χ0v) is 20.5. The minimum absolute atomic E-state index is 0.143. The molecule has 4 heteroatoms. The van der Waals surface area contributed by atoms with E-state index in [9.17, 15) is 4.79 Å². The van der Waals surface area contributed by atoms with Gasteiger partial charge in [-0.2, -0.15) is 0 Å². The molecule has 0 bridgehead atoms. The first-order valence-corrected chi connectivity index (χ1v) is 11.8. The predicted octanol–water partition coefficient (Wildman–Crippen LogP) is 7.55. The summed E-state index contributed by atoms with van der Waals surface area (Å²) in [6.07, 6.45) is 8.02. The molecule has 0 saturated heterocycles. The van der Waals surface area contributed by atoms with E-state index < -0.39 is 0 Å². The van der Waals surface area contributed by atoms with Crippen LogP contribution in [0.3, 0.4) is 0 Å². The molecular weight excluding hydrogens is 398 g/mol. The summed E-state index contributed by atoms with van der Waals surface area (Å²) < 4.78 is 11.4. The van der Waals surface area contributed by atoms with Crippen LogP contribution < -0.4 is 14.8 Å². The van der Waals surface area contributed by atoms with E-state index in [0.29, 0.717) is 24.2 Å². The van der Waals surface area contributed by atoms with Crippen molar-refractivity contribution in [2.45, 2.75) is 72.1 Å². The molecule has 32 heavy (non-hydrogen) atoms. The smallest absolute Gasteiger partial charge is 0.248 e. The Morgan fingerprint density at radius 3 is 2.25 bits per heavy atom. The second-order valence-electron chi connectivity index (χ2n) is 8.76. The number of methoxy groups -OCH3 is 1. The topological polar surface area (TPSA) is 47.6 Å². The number of amides is 1. The van der Waals surface area contributed by atoms with Gasteiger partial charge in [0.2, 0.25) is 5.91 Å². The monoisotopic (exact) mass is 437 g/mol. The lowest BCUT2D eigenvalue weighted by atomic mass is 9.92. The Balaban J connectivity index is 2.09. The molecule has 2 aromatic carbocycles. The van der Waals surface area contributed by atoms with Gasteiger partial charge in [0.1, 0.15) is 0 Å². The average molecular weight is 438 g/mol. The molecule has 0 aliphatic heterocycles. The highest BCUT2D eigenvalue weighted by Gasteiger charge is 2.15. The molecule has 0 unspecified atom stereocenters. The van der Waals surface area contributed by atoms with Gasteiger partial charge in [0.15, 0.2) is 11.5 Å². The predicted molar refractivity (Wildman–Crippen MR) is 135 cm³/mol. The van der Waals surface area contributed by atoms with Gasteiger partial charge in [-0.25, -0.2) is 0 Å². The fraction of sp³-hybridized carbons (Fsp3) is 0.464. The third kappa shape index (κ3) is 7.44. The minimum atomic E-state index is -0.143. The first-order valence-electron chi connectivity index (χ1n) is 11.8. The quantitative estimate of drug-likeness (QED) is 0.275. The van der Waals surface area contributed by atoms with E-state index in [1.165, 1.54) is 19.3 Å². The van der Waals surface area contributed by atoms with Crippen molar-refractivity contribution >= 4 is 17.7 Å². The maximum Gasteiger partial charge on any atom is 0.248 e. The van der Waals surface area contributed by atoms with Gasteiger partial charge >= 0.3 is 0 Å². The normalized spacial score (nSPS) is 11.4. The fourth-order valence-corrected chi connectivity index (χ4v) is 3.65. The number of hydrogen-bond acceptors (Lipinski definition) is 3. The minimum Gasteiger partial charge on any atom is -0.493 e. The van der Waals surface area contributed by atoms with Gasteiger partial charge in [-0.15, -0.1) is 0 Å². The number of nitrogens with one attached hydrogen (secondary N) is 1. The summed E-state index contributed by atoms with van der Waals surface area (Å²) in [6, 6.07) is 12.0. The summed E-state index contributed by atoms with van der Waals surface area (Å²) in [4.78, 5) is 12.7. The Bertz CT molecular complexity index is 873. The number of benzene rings is 2. The van der Waals surface area contributed by atoms with Crippen LogP contribution in [0.5, 0.6) is 11.5 Å². The number of para-hydroxylation sites is 1. The van der Waals surface area contributed by atoms with Crippen LogP contribution in [0.2, 0.25) is 0 Å². The number of carbonyl (C=O) groups is 1. The van der Waals surface area contributed by atoms with E-state index in [4.69, 9.17) is 9.47 Å². The van der Waals surface area contributed by atoms with E-state index >= 15 is 0 Å². The number of unbranched alkanes of at least 4 members (excludes halogenated alkanes) is 3. The van der Waals surface area contributed by atoms with Crippen molar-refractivity contribution in [2.24, 2.45) is 0 Å². The highest BCUT2D eigenvalue weighted by molar-refractivity contribution is 6.03. The molecule has 174 valence electrons. The first-order chi connectivity index (χ1) is 15.4. The third-order valence-electron chi connectivity index (χ3n) is 5.49. The summed E-state index contributed by atoms with van der Waals surface area (Å²) in [7, 11) is 1.63. The lowest BCUT2D eigenvalue weighted by Gasteiger charge is -2.19. The Labute approximate surface area is 194 Å². The summed E-state index contributed by atoms with van der Waals surface area (Å²) in [6.45, 7) is 11.5. The zero-order valence-electron chi connectivity index (χ0n) is 20.5. The summed E-state index contributed by atoms with van der Waals surface area (Å²) in [5.74, 6) is 1.92. The van der Waals surface area contributed by atoms with Gasteiger partial charge in [-0.3, -0.25) is 4.79 Å². The van der Waals surface area contributed by atoms with Crippen LogP contribution in [-0.4, -0.2) is 19.6 Å². The van der Waals surface area contributed by atoms with Gasteiger partial charge in [0, 0.05) is 11.8 Å². The van der Waals surface area contributed by atoms with Crippen molar-refractivity contribution in [1.82, 2.24) is 0 Å². The molecule has 0 radical (unpaired) electrons. The second kappa shape index (κ2) is 12.9. The van der Waals surface area contributed by atoms with Gasteiger partial charge in [0.05, 0.1) is 13.7 Å². The molecule has 0 aliphatic carbocycles. The second-order valence-corrected chi connectivity index (χ2v) is 8.76. The van der Waals surface area contributed by atoms with E-state index in [-0.39, 0.29) is 5.91 Å². The molecule has 2 rings (SSSR count). The van der Waals surface area contributed by atoms with E-state index in [0.717, 1.165) is 34.5 Å². The molecule has 0 heterocycles. The Hall–Kier alpha value is -2.75. The molecule has 1 N–H and O–H groups in total. The summed E-state index contributed by atoms with van der Waals surface area (Å²) in [5, 5.41) is 3.11. The van der Waals surface area contributed by atoms with Gasteiger partial charge < -0.3 is 14.8 Å². The van der Waals surface area contributed by atoms with Crippen LogP contribution in [-0.2, 0) is 4.79 Å². The molecule has 0 saturated carbocycles. The summed E-state index contributed by atoms with van der Waals surface area (Å²) in [5.41, 5.74) is 4.12. The number of rotatable bonds is 12. The van der Waals surface area contributed by atoms with Crippen LogP contribution >= 0.6 is 0 Å². The fourth-order valence-electron chi connectivity index (χ4n) is 3.65. The van der Waals surface area contributed by atoms with E-state index in [1.807, 2.05) is 18.2 Å². The van der Waals surface area contributed by atoms with Crippen LogP contribution in [0.4, 0.5) is 5.69 Å². The highest BCUT2D eigenvalue weighted by atomic mass is 16.5. The maximum absolute atomic E-state index is 12.7. The molecule has 4 nitrogen and oxygen atoms in total. The third-order valence-corrected chi connectivity index (χ3v) is 5.49. The molecule has 0 spiro atoms. The molecule has 0 fully saturated rings. The van der Waals surface area contributed by atoms with Crippen molar-refractivity contribution < 1.29 is 14.3 Å². The number of carbonyl (C=O) groups excluding carboxylic acids is 1. The first kappa shape index (κ1) is 25.5. The number of hydrogen-bond donors (Lipinski definition) is 1. The lowest BCUT2D eigenvalue weighted by Crippen LogP contribution is -2.13. The standard InChI is InChI=1S/C28H39NO3/c1-7-8-9-10-18-32-25-16-14-22(19-26(25)31-6)15-17-27(30)29-28-23(20(2)3)12-11-13-24(28)21(4)5/h11-17,19-21H,7-10,18H2,1-6H3,(H,29,30). The Morgan fingerprint density at radius 2 is 1.66 bits per heavy atom. The molecule has 0 aliphatic rings. The highest BCUT2D eigenvalue weighted by Crippen LogP contribution is 2.32. The van der Waals surface area contributed by atoms with Crippen LogP contribution in [0.1, 0.15) is 88.8 Å². The molecule has 2 aromatic rings. The zero-order chi connectivity index (χ0) is 23.5. The number of anilines is 1. The van der Waals surface area contributed by atoms with Crippen molar-refractivity contribution in [3.05, 3.63) is 59.2 Å². The largest absolute Gasteiger partial charge is 0.493 e. The van der Waals surface area contributed by atoms with Crippen LogP contribution in [0.15, 0.2) is 42.5 Å².